The standard InChI is InChI=1S/C26H26IN2OP/c1-2-22(23-11-10-21(31)15-24(23)27)26(19-9-12-25(29)20(14-19)16-28)18-7-5-17(6-8-18)4-3-13-30/h3-12,14-16,28,30H,2,13,29,31H2,1H3/b4-3+,26-22+,28-16?. The van der Waals surface area contributed by atoms with Gasteiger partial charge in [-0.3, -0.25) is 0 Å². The smallest absolute Gasteiger partial charge is 0.0615 e. The molecule has 3 nitrogen and oxygen atoms in total. The van der Waals surface area contributed by atoms with Gasteiger partial charge in [0, 0.05) is 21.0 Å². The number of hydrogen-bond acceptors (Lipinski definition) is 3. The number of nitrogen functional groups attached to an aromatic ring is 1. The first-order valence-electron chi connectivity index (χ1n) is 10.0. The van der Waals surface area contributed by atoms with Gasteiger partial charge in [0.2, 0.25) is 0 Å². The van der Waals surface area contributed by atoms with Gasteiger partial charge in [-0.15, -0.1) is 9.24 Å². The summed E-state index contributed by atoms with van der Waals surface area (Å²) < 4.78 is 1.20. The van der Waals surface area contributed by atoms with E-state index in [9.17, 15) is 0 Å². The number of nitrogens with two attached hydrogens (primary N) is 1. The van der Waals surface area contributed by atoms with Crippen molar-refractivity contribution in [1.29, 1.82) is 5.41 Å². The number of hydrogen-bond donors (Lipinski definition) is 3. The van der Waals surface area contributed by atoms with Gasteiger partial charge in [-0.25, -0.2) is 0 Å². The molecule has 0 aliphatic carbocycles. The summed E-state index contributed by atoms with van der Waals surface area (Å²) in [4.78, 5) is 0. The summed E-state index contributed by atoms with van der Waals surface area (Å²) >= 11 is 2.40. The summed E-state index contributed by atoms with van der Waals surface area (Å²) in [5, 5.41) is 17.9. The van der Waals surface area contributed by atoms with Crippen LogP contribution in [0.1, 0.15) is 41.2 Å². The molecule has 0 fully saturated rings. The molecule has 3 aromatic carbocycles. The quantitative estimate of drug-likeness (QED) is 0.118. The summed E-state index contributed by atoms with van der Waals surface area (Å²) in [6.45, 7) is 2.20. The Kier molecular flexibility index (Phi) is 8.19. The average Bonchev–Trinajstić information content (AvgIpc) is 2.78. The maximum atomic E-state index is 9.04. The highest BCUT2D eigenvalue weighted by atomic mass is 127. The number of anilines is 1. The fourth-order valence-corrected chi connectivity index (χ4v) is 5.07. The van der Waals surface area contributed by atoms with Gasteiger partial charge in [-0.05, 0) is 85.9 Å². The molecular formula is C26H26IN2OP. The van der Waals surface area contributed by atoms with E-state index in [0.717, 1.165) is 34.0 Å². The summed E-state index contributed by atoms with van der Waals surface area (Å²) in [6.07, 6.45) is 5.80. The molecule has 0 aliphatic heterocycles. The number of nitrogens with one attached hydrogen (secondary N) is 1. The molecule has 0 aromatic heterocycles. The fraction of sp³-hybridized carbons (Fsp3) is 0.115. The van der Waals surface area contributed by atoms with Gasteiger partial charge in [-0.1, -0.05) is 61.5 Å². The zero-order valence-electron chi connectivity index (χ0n) is 17.4. The molecule has 1 unspecified atom stereocenters. The molecule has 5 heteroatoms. The third-order valence-electron chi connectivity index (χ3n) is 5.12. The van der Waals surface area contributed by atoms with Crippen LogP contribution < -0.4 is 11.0 Å². The monoisotopic (exact) mass is 540 g/mol. The van der Waals surface area contributed by atoms with Crippen molar-refractivity contribution in [2.45, 2.75) is 13.3 Å². The zero-order chi connectivity index (χ0) is 22.4. The molecule has 3 aromatic rings. The van der Waals surface area contributed by atoms with Gasteiger partial charge in [0.25, 0.3) is 0 Å². The number of aliphatic hydroxyl groups is 1. The van der Waals surface area contributed by atoms with Crippen LogP contribution in [0.25, 0.3) is 17.2 Å². The van der Waals surface area contributed by atoms with Crippen molar-refractivity contribution >= 4 is 66.3 Å². The lowest BCUT2D eigenvalue weighted by atomic mass is 9.87. The van der Waals surface area contributed by atoms with E-state index in [0.29, 0.717) is 11.3 Å². The van der Waals surface area contributed by atoms with Crippen LogP contribution in [-0.4, -0.2) is 17.9 Å². The van der Waals surface area contributed by atoms with Crippen molar-refractivity contribution in [2.75, 3.05) is 12.3 Å². The average molecular weight is 540 g/mol. The highest BCUT2D eigenvalue weighted by molar-refractivity contribution is 14.1. The van der Waals surface area contributed by atoms with E-state index in [1.54, 1.807) is 6.08 Å². The van der Waals surface area contributed by atoms with Crippen molar-refractivity contribution in [1.82, 2.24) is 0 Å². The Morgan fingerprint density at radius 1 is 1.06 bits per heavy atom. The number of halogens is 1. The fourth-order valence-electron chi connectivity index (χ4n) is 3.60. The minimum atomic E-state index is 0.0227. The SMILES string of the molecule is CC/C(=C(/c1ccc(/C=C/CO)cc1)c1ccc(N)c(C=N)c1)c1ccc(P)cc1I. The van der Waals surface area contributed by atoms with Crippen LogP contribution in [0.4, 0.5) is 5.69 Å². The van der Waals surface area contributed by atoms with E-state index in [1.165, 1.54) is 20.9 Å². The molecule has 0 spiro atoms. The Bertz CT molecular complexity index is 1150. The summed E-state index contributed by atoms with van der Waals surface area (Å²) in [5.74, 6) is 0. The van der Waals surface area contributed by atoms with Crippen molar-refractivity contribution in [3.8, 4) is 0 Å². The van der Waals surface area contributed by atoms with Gasteiger partial charge >= 0.3 is 0 Å². The highest BCUT2D eigenvalue weighted by Crippen LogP contribution is 2.37. The molecule has 0 saturated carbocycles. The summed E-state index contributed by atoms with van der Waals surface area (Å²) in [5.41, 5.74) is 14.1. The minimum Gasteiger partial charge on any atom is -0.398 e. The summed E-state index contributed by atoms with van der Waals surface area (Å²) in [6, 6.07) is 20.7. The number of aliphatic hydroxyl groups excluding tert-OH is 1. The molecule has 158 valence electrons. The van der Waals surface area contributed by atoms with E-state index in [2.05, 4.69) is 81.2 Å². The first kappa shape index (κ1) is 23.4. The van der Waals surface area contributed by atoms with Gasteiger partial charge in [-0.2, -0.15) is 0 Å². The molecule has 31 heavy (non-hydrogen) atoms. The van der Waals surface area contributed by atoms with E-state index in [1.807, 2.05) is 24.3 Å². The minimum absolute atomic E-state index is 0.0227. The Morgan fingerprint density at radius 2 is 1.77 bits per heavy atom. The van der Waals surface area contributed by atoms with Gasteiger partial charge in [0.05, 0.1) is 6.61 Å². The van der Waals surface area contributed by atoms with Gasteiger partial charge < -0.3 is 16.2 Å². The van der Waals surface area contributed by atoms with Gasteiger partial charge in [0.1, 0.15) is 0 Å². The van der Waals surface area contributed by atoms with Crippen molar-refractivity contribution in [3.63, 3.8) is 0 Å². The van der Waals surface area contributed by atoms with Gasteiger partial charge in [0.15, 0.2) is 0 Å². The Balaban J connectivity index is 2.28. The number of rotatable bonds is 7. The molecule has 0 saturated heterocycles. The summed E-state index contributed by atoms with van der Waals surface area (Å²) in [7, 11) is 2.76. The topological polar surface area (TPSA) is 70.1 Å². The molecule has 0 amide bonds. The van der Waals surface area contributed by atoms with Crippen LogP contribution >= 0.6 is 31.8 Å². The molecule has 1 atom stereocenters. The largest absolute Gasteiger partial charge is 0.398 e. The van der Waals surface area contributed by atoms with Crippen LogP contribution in [-0.2, 0) is 0 Å². The first-order valence-corrected chi connectivity index (χ1v) is 11.7. The zero-order valence-corrected chi connectivity index (χ0v) is 20.7. The molecule has 3 rings (SSSR count). The predicted octanol–water partition coefficient (Wildman–Crippen LogP) is 5.75. The molecule has 0 bridgehead atoms. The lowest BCUT2D eigenvalue weighted by Crippen LogP contribution is -2.01. The van der Waals surface area contributed by atoms with E-state index in [-0.39, 0.29) is 6.61 Å². The third-order valence-corrected chi connectivity index (χ3v) is 6.37. The molecule has 4 N–H and O–H groups in total. The normalized spacial score (nSPS) is 12.1. The van der Waals surface area contributed by atoms with Crippen LogP contribution in [0.15, 0.2) is 66.7 Å². The maximum Gasteiger partial charge on any atom is 0.0615 e. The maximum absolute atomic E-state index is 9.04. The third kappa shape index (κ3) is 5.51. The Morgan fingerprint density at radius 3 is 2.39 bits per heavy atom. The lowest BCUT2D eigenvalue weighted by molar-refractivity contribution is 0.343. The molecule has 0 aliphatic rings. The number of benzene rings is 3. The molecule has 0 heterocycles. The van der Waals surface area contributed by atoms with Crippen molar-refractivity contribution in [2.24, 2.45) is 0 Å². The second kappa shape index (κ2) is 10.9. The Labute approximate surface area is 199 Å². The predicted molar refractivity (Wildman–Crippen MR) is 146 cm³/mol. The van der Waals surface area contributed by atoms with E-state index < -0.39 is 0 Å². The van der Waals surface area contributed by atoms with E-state index >= 15 is 0 Å². The van der Waals surface area contributed by atoms with Crippen molar-refractivity contribution in [3.05, 3.63) is 98.1 Å². The van der Waals surface area contributed by atoms with Crippen LogP contribution in [0.2, 0.25) is 0 Å². The lowest BCUT2D eigenvalue weighted by Gasteiger charge is -2.18. The second-order valence-corrected chi connectivity index (χ2v) is 8.97. The first-order chi connectivity index (χ1) is 15.0. The number of allylic oxidation sites excluding steroid dienone is 1. The van der Waals surface area contributed by atoms with Crippen molar-refractivity contribution < 1.29 is 5.11 Å². The molecule has 0 radical (unpaired) electrons. The van der Waals surface area contributed by atoms with Crippen LogP contribution in [0.3, 0.4) is 0 Å². The van der Waals surface area contributed by atoms with E-state index in [4.69, 9.17) is 16.2 Å². The molecular weight excluding hydrogens is 514 g/mol. The highest BCUT2D eigenvalue weighted by Gasteiger charge is 2.16. The Hall–Kier alpha value is -2.27. The van der Waals surface area contributed by atoms with Crippen LogP contribution in [0.5, 0.6) is 0 Å². The van der Waals surface area contributed by atoms with Crippen LogP contribution in [0, 0.1) is 8.98 Å². The second-order valence-electron chi connectivity index (χ2n) is 7.14.